The molecule has 0 fully saturated rings. The Hall–Kier alpha value is -1.58. The SMILES string of the molecule is CC(C)CNC(=O)C(C)Nc1cccc(F)c1. The van der Waals surface area contributed by atoms with Crippen LogP contribution in [0.4, 0.5) is 10.1 Å². The van der Waals surface area contributed by atoms with Crippen LogP contribution >= 0.6 is 0 Å². The van der Waals surface area contributed by atoms with E-state index in [1.54, 1.807) is 19.1 Å². The van der Waals surface area contributed by atoms with E-state index in [-0.39, 0.29) is 17.8 Å². The van der Waals surface area contributed by atoms with Crippen molar-refractivity contribution < 1.29 is 9.18 Å². The average molecular weight is 238 g/mol. The van der Waals surface area contributed by atoms with Gasteiger partial charge in [0.25, 0.3) is 0 Å². The summed E-state index contributed by atoms with van der Waals surface area (Å²) in [7, 11) is 0. The standard InChI is InChI=1S/C13H19FN2O/c1-9(2)8-15-13(17)10(3)16-12-6-4-5-11(14)7-12/h4-7,9-10,16H,8H2,1-3H3,(H,15,17). The summed E-state index contributed by atoms with van der Waals surface area (Å²) >= 11 is 0. The van der Waals surface area contributed by atoms with Gasteiger partial charge in [-0.2, -0.15) is 0 Å². The number of anilines is 1. The van der Waals surface area contributed by atoms with Gasteiger partial charge in [0.05, 0.1) is 0 Å². The highest BCUT2D eigenvalue weighted by molar-refractivity contribution is 5.84. The van der Waals surface area contributed by atoms with Crippen LogP contribution in [-0.2, 0) is 4.79 Å². The summed E-state index contributed by atoms with van der Waals surface area (Å²) in [6.45, 7) is 6.46. The molecule has 1 atom stereocenters. The molecule has 0 aromatic heterocycles. The van der Waals surface area contributed by atoms with Crippen molar-refractivity contribution in [2.24, 2.45) is 5.92 Å². The van der Waals surface area contributed by atoms with E-state index in [9.17, 15) is 9.18 Å². The molecule has 2 N–H and O–H groups in total. The molecule has 0 saturated heterocycles. The Morgan fingerprint density at radius 3 is 2.65 bits per heavy atom. The molecule has 94 valence electrons. The molecule has 4 heteroatoms. The second-order valence-electron chi connectivity index (χ2n) is 4.52. The molecule has 17 heavy (non-hydrogen) atoms. The minimum absolute atomic E-state index is 0.0806. The maximum atomic E-state index is 12.9. The number of hydrogen-bond acceptors (Lipinski definition) is 2. The Bertz CT molecular complexity index is 379. The fraction of sp³-hybridized carbons (Fsp3) is 0.462. The van der Waals surface area contributed by atoms with Crippen molar-refractivity contribution in [3.8, 4) is 0 Å². The van der Waals surface area contributed by atoms with E-state index in [0.29, 0.717) is 18.2 Å². The monoisotopic (exact) mass is 238 g/mol. The van der Waals surface area contributed by atoms with Crippen LogP contribution in [0.2, 0.25) is 0 Å². The van der Waals surface area contributed by atoms with Gasteiger partial charge >= 0.3 is 0 Å². The van der Waals surface area contributed by atoms with E-state index in [4.69, 9.17) is 0 Å². The summed E-state index contributed by atoms with van der Waals surface area (Å²) in [6.07, 6.45) is 0. The number of benzene rings is 1. The first-order valence-corrected chi connectivity index (χ1v) is 5.79. The van der Waals surface area contributed by atoms with Gasteiger partial charge in [0.1, 0.15) is 11.9 Å². The summed E-state index contributed by atoms with van der Waals surface area (Å²) in [5.41, 5.74) is 0.609. The number of rotatable bonds is 5. The van der Waals surface area contributed by atoms with E-state index in [1.165, 1.54) is 12.1 Å². The van der Waals surface area contributed by atoms with Crippen molar-refractivity contribution in [3.05, 3.63) is 30.1 Å². The van der Waals surface area contributed by atoms with E-state index in [0.717, 1.165) is 0 Å². The molecule has 0 spiro atoms. The van der Waals surface area contributed by atoms with Gasteiger partial charge in [-0.05, 0) is 31.0 Å². The molecular weight excluding hydrogens is 219 g/mol. The van der Waals surface area contributed by atoms with Gasteiger partial charge < -0.3 is 10.6 Å². The lowest BCUT2D eigenvalue weighted by atomic mass is 10.2. The van der Waals surface area contributed by atoms with Gasteiger partial charge in [-0.3, -0.25) is 4.79 Å². The number of carbonyl (C=O) groups is 1. The Morgan fingerprint density at radius 1 is 1.35 bits per heavy atom. The van der Waals surface area contributed by atoms with Crippen LogP contribution in [0.1, 0.15) is 20.8 Å². The zero-order valence-corrected chi connectivity index (χ0v) is 10.5. The topological polar surface area (TPSA) is 41.1 Å². The number of hydrogen-bond donors (Lipinski definition) is 2. The highest BCUT2D eigenvalue weighted by Gasteiger charge is 2.12. The minimum Gasteiger partial charge on any atom is -0.374 e. The van der Waals surface area contributed by atoms with Crippen molar-refractivity contribution in [2.75, 3.05) is 11.9 Å². The van der Waals surface area contributed by atoms with Gasteiger partial charge in [0, 0.05) is 12.2 Å². The summed E-state index contributed by atoms with van der Waals surface area (Å²) in [5, 5.41) is 5.78. The third kappa shape index (κ3) is 4.85. The maximum absolute atomic E-state index is 12.9. The highest BCUT2D eigenvalue weighted by atomic mass is 19.1. The molecular formula is C13H19FN2O. The number of halogens is 1. The second kappa shape index (κ2) is 6.23. The maximum Gasteiger partial charge on any atom is 0.242 e. The van der Waals surface area contributed by atoms with Crippen LogP contribution in [0.5, 0.6) is 0 Å². The summed E-state index contributed by atoms with van der Waals surface area (Å²) in [5.74, 6) is 0.0214. The molecule has 0 aliphatic heterocycles. The summed E-state index contributed by atoms with van der Waals surface area (Å²) < 4.78 is 12.9. The normalized spacial score (nSPS) is 12.3. The molecule has 0 aliphatic rings. The van der Waals surface area contributed by atoms with Crippen LogP contribution in [-0.4, -0.2) is 18.5 Å². The van der Waals surface area contributed by atoms with E-state index >= 15 is 0 Å². The first kappa shape index (κ1) is 13.5. The van der Waals surface area contributed by atoms with E-state index < -0.39 is 0 Å². The zero-order chi connectivity index (χ0) is 12.8. The second-order valence-corrected chi connectivity index (χ2v) is 4.52. The first-order valence-electron chi connectivity index (χ1n) is 5.79. The molecule has 1 rings (SSSR count). The summed E-state index contributed by atoms with van der Waals surface area (Å²) in [6, 6.07) is 5.70. The molecule has 1 amide bonds. The zero-order valence-electron chi connectivity index (χ0n) is 10.5. The van der Waals surface area contributed by atoms with E-state index in [1.807, 2.05) is 13.8 Å². The molecule has 0 aliphatic carbocycles. The van der Waals surface area contributed by atoms with Crippen LogP contribution < -0.4 is 10.6 Å². The fourth-order valence-electron chi connectivity index (χ4n) is 1.35. The first-order chi connectivity index (χ1) is 7.99. The third-order valence-electron chi connectivity index (χ3n) is 2.29. The average Bonchev–Trinajstić information content (AvgIpc) is 2.25. The lowest BCUT2D eigenvalue weighted by Gasteiger charge is -2.16. The lowest BCUT2D eigenvalue weighted by molar-refractivity contribution is -0.121. The smallest absolute Gasteiger partial charge is 0.242 e. The molecule has 1 aromatic rings. The van der Waals surface area contributed by atoms with Crippen molar-refractivity contribution in [1.82, 2.24) is 5.32 Å². The number of carbonyl (C=O) groups excluding carboxylic acids is 1. The van der Waals surface area contributed by atoms with Gasteiger partial charge in [0.2, 0.25) is 5.91 Å². The van der Waals surface area contributed by atoms with Crippen molar-refractivity contribution in [3.63, 3.8) is 0 Å². The molecule has 0 bridgehead atoms. The van der Waals surface area contributed by atoms with Crippen LogP contribution in [0.15, 0.2) is 24.3 Å². The Kier molecular flexibility index (Phi) is 4.94. The van der Waals surface area contributed by atoms with Gasteiger partial charge in [-0.25, -0.2) is 4.39 Å². The molecule has 0 saturated carbocycles. The lowest BCUT2D eigenvalue weighted by Crippen LogP contribution is -2.39. The highest BCUT2D eigenvalue weighted by Crippen LogP contribution is 2.10. The van der Waals surface area contributed by atoms with Gasteiger partial charge in [0.15, 0.2) is 0 Å². The third-order valence-corrected chi connectivity index (χ3v) is 2.29. The Labute approximate surface area is 101 Å². The van der Waals surface area contributed by atoms with Crippen LogP contribution in [0, 0.1) is 11.7 Å². The van der Waals surface area contributed by atoms with Crippen molar-refractivity contribution in [1.29, 1.82) is 0 Å². The number of amides is 1. The minimum atomic E-state index is -0.379. The predicted molar refractivity (Wildman–Crippen MR) is 67.3 cm³/mol. The Balaban J connectivity index is 2.48. The largest absolute Gasteiger partial charge is 0.374 e. The van der Waals surface area contributed by atoms with Crippen LogP contribution in [0.25, 0.3) is 0 Å². The number of nitrogens with one attached hydrogen (secondary N) is 2. The molecule has 0 radical (unpaired) electrons. The van der Waals surface area contributed by atoms with Gasteiger partial charge in [-0.1, -0.05) is 19.9 Å². The van der Waals surface area contributed by atoms with Gasteiger partial charge in [-0.15, -0.1) is 0 Å². The molecule has 0 heterocycles. The molecule has 1 unspecified atom stereocenters. The summed E-state index contributed by atoms with van der Waals surface area (Å²) in [4.78, 5) is 11.7. The van der Waals surface area contributed by atoms with E-state index in [2.05, 4.69) is 10.6 Å². The Morgan fingerprint density at radius 2 is 2.06 bits per heavy atom. The predicted octanol–water partition coefficient (Wildman–Crippen LogP) is 2.40. The fourth-order valence-corrected chi connectivity index (χ4v) is 1.35. The molecule has 3 nitrogen and oxygen atoms in total. The van der Waals surface area contributed by atoms with Crippen LogP contribution in [0.3, 0.4) is 0 Å². The molecule has 1 aromatic carbocycles. The van der Waals surface area contributed by atoms with Crippen molar-refractivity contribution in [2.45, 2.75) is 26.8 Å². The van der Waals surface area contributed by atoms with Crippen molar-refractivity contribution >= 4 is 11.6 Å². The quantitative estimate of drug-likeness (QED) is 0.827.